The first-order chi connectivity index (χ1) is 13.3. The van der Waals surface area contributed by atoms with Gasteiger partial charge in [-0.2, -0.15) is 9.61 Å². The SMILES string of the molecule is COc1ccccc1OCc1nn2c(-c3cc4ccccc4[nH]3)nnc2s1. The Labute approximate surface area is 158 Å². The molecule has 1 N–H and O–H groups in total. The lowest BCUT2D eigenvalue weighted by atomic mass is 10.2. The lowest BCUT2D eigenvalue weighted by Gasteiger charge is -2.08. The van der Waals surface area contributed by atoms with Gasteiger partial charge < -0.3 is 14.5 Å². The van der Waals surface area contributed by atoms with E-state index in [9.17, 15) is 0 Å². The van der Waals surface area contributed by atoms with Crippen LogP contribution in [0.4, 0.5) is 0 Å². The van der Waals surface area contributed by atoms with Crippen LogP contribution >= 0.6 is 11.3 Å². The minimum absolute atomic E-state index is 0.334. The molecule has 3 heterocycles. The van der Waals surface area contributed by atoms with Crippen molar-refractivity contribution in [1.29, 1.82) is 0 Å². The Bertz CT molecular complexity index is 1210. The highest BCUT2D eigenvalue weighted by Gasteiger charge is 2.16. The first-order valence-corrected chi connectivity index (χ1v) is 9.18. The van der Waals surface area contributed by atoms with Crippen LogP contribution in [0.15, 0.2) is 54.6 Å². The van der Waals surface area contributed by atoms with Crippen LogP contribution < -0.4 is 9.47 Å². The molecule has 0 fully saturated rings. The van der Waals surface area contributed by atoms with E-state index in [1.165, 1.54) is 11.3 Å². The second-order valence-electron chi connectivity index (χ2n) is 5.92. The monoisotopic (exact) mass is 377 g/mol. The molecule has 0 atom stereocenters. The second-order valence-corrected chi connectivity index (χ2v) is 6.96. The number of nitrogens with one attached hydrogen (secondary N) is 1. The smallest absolute Gasteiger partial charge is 0.235 e. The van der Waals surface area contributed by atoms with Gasteiger partial charge in [-0.15, -0.1) is 10.2 Å². The van der Waals surface area contributed by atoms with E-state index in [1.54, 1.807) is 11.6 Å². The number of aromatic nitrogens is 5. The number of methoxy groups -OCH3 is 1. The summed E-state index contributed by atoms with van der Waals surface area (Å²) in [5.41, 5.74) is 1.94. The number of ether oxygens (including phenoxy) is 2. The zero-order valence-corrected chi connectivity index (χ0v) is 15.2. The quantitative estimate of drug-likeness (QED) is 0.502. The lowest BCUT2D eigenvalue weighted by molar-refractivity contribution is 0.283. The summed E-state index contributed by atoms with van der Waals surface area (Å²) < 4.78 is 12.9. The maximum Gasteiger partial charge on any atom is 0.235 e. The number of hydrogen-bond donors (Lipinski definition) is 1. The largest absolute Gasteiger partial charge is 0.493 e. The summed E-state index contributed by atoms with van der Waals surface area (Å²) in [5, 5.41) is 15.1. The van der Waals surface area contributed by atoms with Crippen molar-refractivity contribution in [2.45, 2.75) is 6.61 Å². The molecule has 8 heteroatoms. The number of fused-ring (bicyclic) bond motifs is 2. The molecule has 0 aliphatic heterocycles. The molecular formula is C19H15N5O2S. The minimum Gasteiger partial charge on any atom is -0.493 e. The first kappa shape index (κ1) is 15.8. The molecule has 5 rings (SSSR count). The predicted octanol–water partition coefficient (Wildman–Crippen LogP) is 3.92. The summed E-state index contributed by atoms with van der Waals surface area (Å²) in [5.74, 6) is 2.06. The summed E-state index contributed by atoms with van der Waals surface area (Å²) in [6, 6.07) is 17.7. The normalized spacial score (nSPS) is 11.3. The van der Waals surface area contributed by atoms with Crippen molar-refractivity contribution in [2.75, 3.05) is 7.11 Å². The molecular weight excluding hydrogens is 362 g/mol. The van der Waals surface area contributed by atoms with Crippen molar-refractivity contribution in [3.63, 3.8) is 0 Å². The van der Waals surface area contributed by atoms with Gasteiger partial charge in [0.1, 0.15) is 6.61 Å². The number of para-hydroxylation sites is 3. The molecule has 0 bridgehead atoms. The van der Waals surface area contributed by atoms with Crippen LogP contribution in [0.1, 0.15) is 5.01 Å². The molecule has 7 nitrogen and oxygen atoms in total. The van der Waals surface area contributed by atoms with Crippen LogP contribution in [0.5, 0.6) is 11.5 Å². The van der Waals surface area contributed by atoms with Crippen LogP contribution in [0.25, 0.3) is 27.4 Å². The van der Waals surface area contributed by atoms with Crippen LogP contribution in [-0.4, -0.2) is 31.9 Å². The van der Waals surface area contributed by atoms with Crippen LogP contribution in [0.3, 0.4) is 0 Å². The van der Waals surface area contributed by atoms with E-state index in [-0.39, 0.29) is 0 Å². The molecule has 0 aliphatic rings. The molecule has 27 heavy (non-hydrogen) atoms. The van der Waals surface area contributed by atoms with Crippen molar-refractivity contribution in [1.82, 2.24) is 24.8 Å². The standard InChI is InChI=1S/C19H15N5O2S/c1-25-15-8-4-5-9-16(15)26-11-17-23-24-18(21-22-19(24)27-17)14-10-12-6-2-3-7-13(12)20-14/h2-10,20H,11H2,1H3. The summed E-state index contributed by atoms with van der Waals surface area (Å²) in [6.07, 6.45) is 0. The van der Waals surface area contributed by atoms with Crippen LogP contribution in [-0.2, 0) is 6.61 Å². The summed E-state index contributed by atoms with van der Waals surface area (Å²) >= 11 is 1.45. The Kier molecular flexibility index (Phi) is 3.75. The maximum atomic E-state index is 5.86. The second kappa shape index (κ2) is 6.40. The third kappa shape index (κ3) is 2.80. The summed E-state index contributed by atoms with van der Waals surface area (Å²) in [4.78, 5) is 4.09. The number of aromatic amines is 1. The average molecular weight is 377 g/mol. The molecule has 0 radical (unpaired) electrons. The van der Waals surface area contributed by atoms with Gasteiger partial charge in [0.15, 0.2) is 16.5 Å². The zero-order chi connectivity index (χ0) is 18.2. The van der Waals surface area contributed by atoms with Gasteiger partial charge in [-0.3, -0.25) is 0 Å². The Balaban J connectivity index is 1.44. The Morgan fingerprint density at radius 2 is 1.85 bits per heavy atom. The van der Waals surface area contributed by atoms with Gasteiger partial charge in [0.2, 0.25) is 10.8 Å². The fraction of sp³-hybridized carbons (Fsp3) is 0.105. The van der Waals surface area contributed by atoms with Crippen molar-refractivity contribution in [3.05, 3.63) is 59.6 Å². The third-order valence-corrected chi connectivity index (χ3v) is 5.10. The van der Waals surface area contributed by atoms with Crippen molar-refractivity contribution >= 4 is 27.2 Å². The van der Waals surface area contributed by atoms with Gasteiger partial charge in [0, 0.05) is 10.9 Å². The minimum atomic E-state index is 0.334. The Hall–Kier alpha value is -3.39. The molecule has 0 amide bonds. The summed E-state index contributed by atoms with van der Waals surface area (Å²) in [6.45, 7) is 0.334. The molecule has 3 aromatic heterocycles. The molecule has 0 saturated carbocycles. The average Bonchev–Trinajstić information content (AvgIpc) is 3.39. The summed E-state index contributed by atoms with van der Waals surface area (Å²) in [7, 11) is 1.62. The molecule has 0 unspecified atom stereocenters. The number of rotatable bonds is 5. The molecule has 134 valence electrons. The molecule has 0 aliphatic carbocycles. The van der Waals surface area contributed by atoms with E-state index < -0.39 is 0 Å². The molecule has 5 aromatic rings. The van der Waals surface area contributed by atoms with Gasteiger partial charge in [-0.25, -0.2) is 0 Å². The van der Waals surface area contributed by atoms with E-state index in [1.807, 2.05) is 42.5 Å². The predicted molar refractivity (Wildman–Crippen MR) is 103 cm³/mol. The van der Waals surface area contributed by atoms with E-state index in [0.29, 0.717) is 23.9 Å². The lowest BCUT2D eigenvalue weighted by Crippen LogP contribution is -1.99. The zero-order valence-electron chi connectivity index (χ0n) is 14.4. The van der Waals surface area contributed by atoms with Crippen molar-refractivity contribution < 1.29 is 9.47 Å². The van der Waals surface area contributed by atoms with Crippen LogP contribution in [0, 0.1) is 0 Å². The maximum absolute atomic E-state index is 5.86. The van der Waals surface area contributed by atoms with Gasteiger partial charge in [0.05, 0.1) is 12.8 Å². The van der Waals surface area contributed by atoms with Gasteiger partial charge in [-0.1, -0.05) is 41.7 Å². The number of hydrogen-bond acceptors (Lipinski definition) is 6. The highest BCUT2D eigenvalue weighted by Crippen LogP contribution is 2.28. The molecule has 2 aromatic carbocycles. The molecule has 0 spiro atoms. The van der Waals surface area contributed by atoms with Crippen molar-refractivity contribution in [2.24, 2.45) is 0 Å². The number of H-pyrrole nitrogens is 1. The number of nitrogens with zero attached hydrogens (tertiary/aromatic N) is 4. The topological polar surface area (TPSA) is 77.3 Å². The highest BCUT2D eigenvalue weighted by atomic mass is 32.1. The van der Waals surface area contributed by atoms with E-state index >= 15 is 0 Å². The third-order valence-electron chi connectivity index (χ3n) is 4.22. The fourth-order valence-electron chi connectivity index (χ4n) is 2.95. The molecule has 0 saturated heterocycles. The van der Waals surface area contributed by atoms with Gasteiger partial charge in [0.25, 0.3) is 0 Å². The Morgan fingerprint density at radius 3 is 2.70 bits per heavy atom. The van der Waals surface area contributed by atoms with Gasteiger partial charge >= 0.3 is 0 Å². The highest BCUT2D eigenvalue weighted by molar-refractivity contribution is 7.16. The van der Waals surface area contributed by atoms with E-state index in [2.05, 4.69) is 32.4 Å². The van der Waals surface area contributed by atoms with Crippen molar-refractivity contribution in [3.8, 4) is 23.0 Å². The Morgan fingerprint density at radius 1 is 1.04 bits per heavy atom. The van der Waals surface area contributed by atoms with E-state index in [4.69, 9.17) is 9.47 Å². The number of benzene rings is 2. The first-order valence-electron chi connectivity index (χ1n) is 8.37. The van der Waals surface area contributed by atoms with Gasteiger partial charge in [-0.05, 0) is 24.3 Å². The van der Waals surface area contributed by atoms with E-state index in [0.717, 1.165) is 26.6 Å². The fourth-order valence-corrected chi connectivity index (χ4v) is 3.70. The van der Waals surface area contributed by atoms with Crippen LogP contribution in [0.2, 0.25) is 0 Å².